The molecular formula is C17H16N2. The lowest BCUT2D eigenvalue weighted by Crippen LogP contribution is -1.92. The maximum atomic E-state index is 4.14. The lowest BCUT2D eigenvalue weighted by Gasteiger charge is -2.07. The Kier molecular flexibility index (Phi) is 2.71. The van der Waals surface area contributed by atoms with Crippen molar-refractivity contribution in [1.82, 2.24) is 4.98 Å². The molecule has 0 spiro atoms. The molecule has 1 aromatic heterocycles. The number of aromatic amines is 1. The highest BCUT2D eigenvalue weighted by atomic mass is 14.7. The van der Waals surface area contributed by atoms with E-state index >= 15 is 0 Å². The standard InChI is InChI=1S/C17H16N2/c1-4-13-11(2)17-15(9-12(13)10-18-3)14-7-5-6-8-16(14)19-17/h4-10,19H,1H2,2-3H3. The Morgan fingerprint density at radius 3 is 2.74 bits per heavy atom. The molecular weight excluding hydrogens is 232 g/mol. The van der Waals surface area contributed by atoms with Gasteiger partial charge < -0.3 is 4.98 Å². The lowest BCUT2D eigenvalue weighted by molar-refractivity contribution is 1.41. The predicted molar refractivity (Wildman–Crippen MR) is 84.2 cm³/mol. The predicted octanol–water partition coefficient (Wildman–Crippen LogP) is 4.32. The van der Waals surface area contributed by atoms with Gasteiger partial charge in [-0.05, 0) is 30.2 Å². The molecule has 0 saturated heterocycles. The van der Waals surface area contributed by atoms with Crippen LogP contribution in [0.15, 0.2) is 41.9 Å². The van der Waals surface area contributed by atoms with Crippen molar-refractivity contribution in [3.8, 4) is 0 Å². The van der Waals surface area contributed by atoms with Gasteiger partial charge in [0.05, 0.1) is 5.52 Å². The van der Waals surface area contributed by atoms with E-state index < -0.39 is 0 Å². The third-order valence-corrected chi connectivity index (χ3v) is 3.61. The maximum absolute atomic E-state index is 4.14. The van der Waals surface area contributed by atoms with Crippen molar-refractivity contribution in [3.63, 3.8) is 0 Å². The largest absolute Gasteiger partial charge is 0.354 e. The monoisotopic (exact) mass is 248 g/mol. The summed E-state index contributed by atoms with van der Waals surface area (Å²) in [5.74, 6) is 0. The van der Waals surface area contributed by atoms with Gasteiger partial charge in [-0.15, -0.1) is 0 Å². The van der Waals surface area contributed by atoms with E-state index in [4.69, 9.17) is 0 Å². The summed E-state index contributed by atoms with van der Waals surface area (Å²) in [4.78, 5) is 7.64. The molecule has 0 amide bonds. The Bertz CT molecular complexity index is 807. The lowest BCUT2D eigenvalue weighted by atomic mass is 9.98. The minimum Gasteiger partial charge on any atom is -0.354 e. The summed E-state index contributed by atoms with van der Waals surface area (Å²) in [5, 5.41) is 2.50. The molecule has 2 heteroatoms. The van der Waals surface area contributed by atoms with E-state index in [0.717, 1.165) is 11.1 Å². The molecule has 0 radical (unpaired) electrons. The molecule has 1 N–H and O–H groups in total. The number of rotatable bonds is 2. The Balaban J connectivity index is 2.51. The van der Waals surface area contributed by atoms with Gasteiger partial charge in [0.15, 0.2) is 0 Å². The molecule has 94 valence electrons. The minimum absolute atomic E-state index is 1.12. The van der Waals surface area contributed by atoms with Gasteiger partial charge in [0.25, 0.3) is 0 Å². The molecule has 0 aliphatic heterocycles. The van der Waals surface area contributed by atoms with E-state index in [1.807, 2.05) is 12.3 Å². The molecule has 0 aliphatic carbocycles. The summed E-state index contributed by atoms with van der Waals surface area (Å²) >= 11 is 0. The zero-order valence-corrected chi connectivity index (χ0v) is 11.2. The Morgan fingerprint density at radius 2 is 2.00 bits per heavy atom. The first-order valence-corrected chi connectivity index (χ1v) is 6.35. The summed E-state index contributed by atoms with van der Waals surface area (Å²) in [6, 6.07) is 10.6. The molecule has 0 atom stereocenters. The first kappa shape index (κ1) is 11.7. The number of aryl methyl sites for hydroxylation is 1. The van der Waals surface area contributed by atoms with Gasteiger partial charge in [-0.25, -0.2) is 0 Å². The smallest absolute Gasteiger partial charge is 0.0501 e. The molecule has 19 heavy (non-hydrogen) atoms. The van der Waals surface area contributed by atoms with Crippen LogP contribution in [0.25, 0.3) is 27.9 Å². The van der Waals surface area contributed by atoms with Crippen LogP contribution in [0.2, 0.25) is 0 Å². The van der Waals surface area contributed by atoms with Gasteiger partial charge in [-0.2, -0.15) is 0 Å². The summed E-state index contributed by atoms with van der Waals surface area (Å²) in [5.41, 5.74) is 5.83. The SMILES string of the molecule is C=Cc1c(C=NC)cc2c([nH]c3ccccc32)c1C. The Morgan fingerprint density at radius 1 is 1.21 bits per heavy atom. The highest BCUT2D eigenvalue weighted by Gasteiger charge is 2.11. The molecule has 0 aliphatic rings. The fraction of sp³-hybridized carbons (Fsp3) is 0.118. The summed E-state index contributed by atoms with van der Waals surface area (Å²) in [6.07, 6.45) is 3.79. The normalized spacial score (nSPS) is 11.7. The van der Waals surface area contributed by atoms with E-state index in [9.17, 15) is 0 Å². The molecule has 2 aromatic carbocycles. The quantitative estimate of drug-likeness (QED) is 0.654. The zero-order valence-electron chi connectivity index (χ0n) is 11.2. The van der Waals surface area contributed by atoms with Crippen molar-refractivity contribution < 1.29 is 0 Å². The van der Waals surface area contributed by atoms with E-state index in [1.54, 1.807) is 7.05 Å². The first-order chi connectivity index (χ1) is 9.26. The minimum atomic E-state index is 1.12. The van der Waals surface area contributed by atoms with Crippen LogP contribution in [0, 0.1) is 6.92 Å². The van der Waals surface area contributed by atoms with Crippen LogP contribution in [0.3, 0.4) is 0 Å². The fourth-order valence-corrected chi connectivity index (χ4v) is 2.71. The number of H-pyrrole nitrogens is 1. The summed E-state index contributed by atoms with van der Waals surface area (Å²) < 4.78 is 0. The van der Waals surface area contributed by atoms with Gasteiger partial charge in [-0.1, -0.05) is 30.9 Å². The van der Waals surface area contributed by atoms with Gasteiger partial charge >= 0.3 is 0 Å². The van der Waals surface area contributed by atoms with Crippen LogP contribution >= 0.6 is 0 Å². The number of hydrogen-bond acceptors (Lipinski definition) is 1. The Labute approximate surface area is 112 Å². The van der Waals surface area contributed by atoms with Gasteiger partial charge in [0.1, 0.15) is 0 Å². The van der Waals surface area contributed by atoms with Crippen LogP contribution in [0.4, 0.5) is 0 Å². The maximum Gasteiger partial charge on any atom is 0.0501 e. The molecule has 0 bridgehead atoms. The number of aromatic nitrogens is 1. The van der Waals surface area contributed by atoms with Crippen LogP contribution in [-0.2, 0) is 0 Å². The number of aliphatic imine (C=N–C) groups is 1. The fourth-order valence-electron chi connectivity index (χ4n) is 2.71. The van der Waals surface area contributed by atoms with Crippen LogP contribution in [0.5, 0.6) is 0 Å². The molecule has 3 rings (SSSR count). The van der Waals surface area contributed by atoms with Crippen molar-refractivity contribution in [1.29, 1.82) is 0 Å². The zero-order chi connectivity index (χ0) is 13.4. The molecule has 0 saturated carbocycles. The second-order valence-electron chi connectivity index (χ2n) is 4.69. The van der Waals surface area contributed by atoms with Gasteiger partial charge in [0, 0.05) is 35.1 Å². The number of nitrogens with zero attached hydrogens (tertiary/aromatic N) is 1. The average Bonchev–Trinajstić information content (AvgIpc) is 2.79. The van der Waals surface area contributed by atoms with Gasteiger partial charge in [-0.3, -0.25) is 4.99 Å². The molecule has 1 heterocycles. The van der Waals surface area contributed by atoms with E-state index in [2.05, 4.69) is 53.8 Å². The highest BCUT2D eigenvalue weighted by molar-refractivity contribution is 6.11. The van der Waals surface area contributed by atoms with Crippen molar-refractivity contribution in [3.05, 3.63) is 53.6 Å². The van der Waals surface area contributed by atoms with Crippen molar-refractivity contribution in [2.75, 3.05) is 7.05 Å². The molecule has 2 nitrogen and oxygen atoms in total. The van der Waals surface area contributed by atoms with E-state index in [-0.39, 0.29) is 0 Å². The number of benzene rings is 2. The topological polar surface area (TPSA) is 28.1 Å². The van der Waals surface area contributed by atoms with E-state index in [1.165, 1.54) is 27.4 Å². The van der Waals surface area contributed by atoms with Crippen LogP contribution < -0.4 is 0 Å². The van der Waals surface area contributed by atoms with Crippen molar-refractivity contribution >= 4 is 34.1 Å². The number of fused-ring (bicyclic) bond motifs is 3. The third kappa shape index (κ3) is 1.68. The summed E-state index contributed by atoms with van der Waals surface area (Å²) in [6.45, 7) is 6.05. The molecule has 3 aromatic rings. The summed E-state index contributed by atoms with van der Waals surface area (Å²) in [7, 11) is 1.79. The third-order valence-electron chi connectivity index (χ3n) is 3.61. The number of hydrogen-bond donors (Lipinski definition) is 1. The number of nitrogens with one attached hydrogen (secondary N) is 1. The number of para-hydroxylation sites is 1. The van der Waals surface area contributed by atoms with Crippen LogP contribution in [-0.4, -0.2) is 18.2 Å². The average molecular weight is 248 g/mol. The van der Waals surface area contributed by atoms with Crippen molar-refractivity contribution in [2.45, 2.75) is 6.92 Å². The highest BCUT2D eigenvalue weighted by Crippen LogP contribution is 2.31. The van der Waals surface area contributed by atoms with Crippen LogP contribution in [0.1, 0.15) is 16.7 Å². The molecule has 0 fully saturated rings. The molecule has 0 unspecified atom stereocenters. The van der Waals surface area contributed by atoms with Crippen molar-refractivity contribution in [2.24, 2.45) is 4.99 Å². The second kappa shape index (κ2) is 4.39. The second-order valence-corrected chi connectivity index (χ2v) is 4.69. The Hall–Kier alpha value is -2.35. The van der Waals surface area contributed by atoms with Gasteiger partial charge in [0.2, 0.25) is 0 Å². The van der Waals surface area contributed by atoms with E-state index in [0.29, 0.717) is 0 Å². The first-order valence-electron chi connectivity index (χ1n) is 6.35.